The third-order valence-electron chi connectivity index (χ3n) is 3.68. The second-order valence-electron chi connectivity index (χ2n) is 5.30. The third-order valence-corrected chi connectivity index (χ3v) is 3.68. The second-order valence-corrected chi connectivity index (χ2v) is 5.30. The predicted molar refractivity (Wildman–Crippen MR) is 92.5 cm³/mol. The normalized spacial score (nSPS) is 19.6. The minimum atomic E-state index is -1.24. The van der Waals surface area contributed by atoms with Crippen LogP contribution < -0.4 is 5.32 Å². The summed E-state index contributed by atoms with van der Waals surface area (Å²) in [5.74, 6) is -1.17. The molecular formula is C16H20ClN3O5. The van der Waals surface area contributed by atoms with Gasteiger partial charge in [0.25, 0.3) is 5.91 Å². The van der Waals surface area contributed by atoms with Gasteiger partial charge in [0.2, 0.25) is 0 Å². The minimum Gasteiger partial charge on any atom is -0.468 e. The van der Waals surface area contributed by atoms with Crippen molar-refractivity contribution in [2.75, 3.05) is 20.3 Å². The highest BCUT2D eigenvalue weighted by atomic mass is 35.5. The van der Waals surface area contributed by atoms with Crippen LogP contribution in [0.4, 0.5) is 4.79 Å². The zero-order valence-electron chi connectivity index (χ0n) is 14.1. The molecule has 0 bridgehead atoms. The van der Waals surface area contributed by atoms with E-state index in [-0.39, 0.29) is 12.4 Å². The van der Waals surface area contributed by atoms with E-state index in [1.807, 2.05) is 6.92 Å². The number of hydrogen-bond donors (Lipinski definition) is 1. The predicted octanol–water partition coefficient (Wildman–Crippen LogP) is 1.42. The lowest BCUT2D eigenvalue weighted by molar-refractivity contribution is -0.145. The first-order valence-electron chi connectivity index (χ1n) is 7.39. The standard InChI is InChI=1S/C16H19N3O5.ClH/c1-4-24-17-9-11-5-7-12(8-6-11)16(2)14(21)19(15(22)18-16)10-13(20)23-3;/h5-9H,4,10H2,1-3H3,(H,18,22);1H/b17-9+;. The molecule has 1 saturated heterocycles. The Bertz CT molecular complexity index is 677. The van der Waals surface area contributed by atoms with E-state index < -0.39 is 30.0 Å². The number of rotatable bonds is 6. The molecule has 0 radical (unpaired) electrons. The number of amides is 3. The van der Waals surface area contributed by atoms with E-state index in [0.717, 1.165) is 10.5 Å². The number of carbonyl (C=O) groups is 3. The summed E-state index contributed by atoms with van der Waals surface area (Å²) in [6.45, 7) is 3.47. The van der Waals surface area contributed by atoms with Gasteiger partial charge in [-0.1, -0.05) is 29.4 Å². The Balaban J connectivity index is 0.00000312. The molecular weight excluding hydrogens is 350 g/mol. The van der Waals surface area contributed by atoms with Gasteiger partial charge in [-0.05, 0) is 25.0 Å². The number of halogens is 1. The first-order chi connectivity index (χ1) is 11.4. The molecule has 1 aromatic rings. The van der Waals surface area contributed by atoms with Crippen LogP contribution in [-0.2, 0) is 24.7 Å². The molecule has 2 rings (SSSR count). The van der Waals surface area contributed by atoms with E-state index >= 15 is 0 Å². The van der Waals surface area contributed by atoms with Gasteiger partial charge in [0, 0.05) is 0 Å². The van der Waals surface area contributed by atoms with Gasteiger partial charge in [-0.25, -0.2) is 4.79 Å². The molecule has 1 N–H and O–H groups in total. The zero-order valence-corrected chi connectivity index (χ0v) is 15.0. The van der Waals surface area contributed by atoms with Gasteiger partial charge in [0.1, 0.15) is 18.7 Å². The summed E-state index contributed by atoms with van der Waals surface area (Å²) < 4.78 is 4.51. The van der Waals surface area contributed by atoms with Gasteiger partial charge in [-0.2, -0.15) is 0 Å². The molecule has 9 heteroatoms. The summed E-state index contributed by atoms with van der Waals surface area (Å²) in [4.78, 5) is 41.7. The number of oxime groups is 1. The maximum atomic E-state index is 12.6. The summed E-state index contributed by atoms with van der Waals surface area (Å²) in [5.41, 5.74) is 0.154. The van der Waals surface area contributed by atoms with Crippen LogP contribution in [-0.4, -0.2) is 49.3 Å². The maximum absolute atomic E-state index is 12.6. The summed E-state index contributed by atoms with van der Waals surface area (Å²) in [7, 11) is 1.20. The van der Waals surface area contributed by atoms with Crippen LogP contribution in [0.2, 0.25) is 0 Å². The topological polar surface area (TPSA) is 97.3 Å². The number of nitrogens with zero attached hydrogens (tertiary/aromatic N) is 2. The van der Waals surface area contributed by atoms with Crippen molar-refractivity contribution in [3.05, 3.63) is 35.4 Å². The highest BCUT2D eigenvalue weighted by Crippen LogP contribution is 2.28. The number of nitrogens with one attached hydrogen (secondary N) is 1. The molecule has 1 aliphatic rings. The average molecular weight is 370 g/mol. The smallest absolute Gasteiger partial charge is 0.325 e. The number of carbonyl (C=O) groups excluding carboxylic acids is 3. The van der Waals surface area contributed by atoms with E-state index in [1.54, 1.807) is 37.4 Å². The van der Waals surface area contributed by atoms with Crippen molar-refractivity contribution in [1.29, 1.82) is 0 Å². The highest BCUT2D eigenvalue weighted by Gasteiger charge is 2.49. The van der Waals surface area contributed by atoms with Gasteiger partial charge in [0.15, 0.2) is 0 Å². The monoisotopic (exact) mass is 369 g/mol. The van der Waals surface area contributed by atoms with Crippen molar-refractivity contribution in [3.8, 4) is 0 Å². The van der Waals surface area contributed by atoms with Crippen LogP contribution in [0.5, 0.6) is 0 Å². The second kappa shape index (κ2) is 8.48. The lowest BCUT2D eigenvalue weighted by Crippen LogP contribution is -2.41. The molecule has 0 aromatic heterocycles. The molecule has 136 valence electrons. The molecule has 25 heavy (non-hydrogen) atoms. The molecule has 1 aliphatic heterocycles. The first-order valence-corrected chi connectivity index (χ1v) is 7.39. The van der Waals surface area contributed by atoms with Crippen LogP contribution in [0.3, 0.4) is 0 Å². The molecule has 1 fully saturated rings. The van der Waals surface area contributed by atoms with Crippen molar-refractivity contribution in [1.82, 2.24) is 10.2 Å². The number of hydrogen-bond acceptors (Lipinski definition) is 6. The number of imide groups is 1. The van der Waals surface area contributed by atoms with Gasteiger partial charge in [-0.15, -0.1) is 12.4 Å². The summed E-state index contributed by atoms with van der Waals surface area (Å²) in [5, 5.41) is 6.38. The van der Waals surface area contributed by atoms with Crippen molar-refractivity contribution in [2.24, 2.45) is 5.16 Å². The maximum Gasteiger partial charge on any atom is 0.325 e. The van der Waals surface area contributed by atoms with E-state index in [2.05, 4.69) is 15.2 Å². The Morgan fingerprint density at radius 3 is 2.52 bits per heavy atom. The van der Waals surface area contributed by atoms with E-state index in [9.17, 15) is 14.4 Å². The lowest BCUT2D eigenvalue weighted by atomic mass is 9.91. The van der Waals surface area contributed by atoms with Gasteiger partial charge in [0.05, 0.1) is 13.3 Å². The van der Waals surface area contributed by atoms with E-state index in [1.165, 1.54) is 7.11 Å². The molecule has 0 saturated carbocycles. The Hall–Kier alpha value is -2.61. The summed E-state index contributed by atoms with van der Waals surface area (Å²) >= 11 is 0. The molecule has 3 amide bonds. The molecule has 1 unspecified atom stereocenters. The molecule has 0 spiro atoms. The quantitative estimate of drug-likeness (QED) is 0.354. The number of esters is 1. The van der Waals surface area contributed by atoms with Crippen LogP contribution >= 0.6 is 12.4 Å². The highest BCUT2D eigenvalue weighted by molar-refractivity contribution is 6.08. The fourth-order valence-corrected chi connectivity index (χ4v) is 2.31. The van der Waals surface area contributed by atoms with Crippen LogP contribution in [0.25, 0.3) is 0 Å². The third kappa shape index (κ3) is 4.27. The van der Waals surface area contributed by atoms with Gasteiger partial charge in [-0.3, -0.25) is 14.5 Å². The SMILES string of the molecule is CCO/N=C/c1ccc(C2(C)NC(=O)N(CC(=O)OC)C2=O)cc1.Cl. The van der Waals surface area contributed by atoms with Gasteiger partial charge < -0.3 is 14.9 Å². The Kier molecular flexibility index (Phi) is 6.93. The first kappa shape index (κ1) is 20.4. The van der Waals surface area contributed by atoms with Crippen molar-refractivity contribution < 1.29 is 24.0 Å². The van der Waals surface area contributed by atoms with E-state index in [4.69, 9.17) is 4.84 Å². The van der Waals surface area contributed by atoms with Crippen LogP contribution in [0.1, 0.15) is 25.0 Å². The number of benzene rings is 1. The average Bonchev–Trinajstić information content (AvgIpc) is 2.79. The van der Waals surface area contributed by atoms with Gasteiger partial charge >= 0.3 is 12.0 Å². The summed E-state index contributed by atoms with van der Waals surface area (Å²) in [6.07, 6.45) is 1.55. The fraction of sp³-hybridized carbons (Fsp3) is 0.375. The summed E-state index contributed by atoms with van der Waals surface area (Å²) in [6, 6.07) is 6.31. The number of ether oxygens (including phenoxy) is 1. The lowest BCUT2D eigenvalue weighted by Gasteiger charge is -2.22. The Labute approximate surface area is 151 Å². The molecule has 8 nitrogen and oxygen atoms in total. The molecule has 1 aromatic carbocycles. The van der Waals surface area contributed by atoms with E-state index in [0.29, 0.717) is 12.2 Å². The Morgan fingerprint density at radius 1 is 1.32 bits per heavy atom. The van der Waals surface area contributed by atoms with Crippen LogP contribution in [0, 0.1) is 0 Å². The molecule has 0 aliphatic carbocycles. The minimum absolute atomic E-state index is 0. The number of urea groups is 1. The fourth-order valence-electron chi connectivity index (χ4n) is 2.31. The van der Waals surface area contributed by atoms with Crippen molar-refractivity contribution >= 4 is 36.5 Å². The van der Waals surface area contributed by atoms with Crippen molar-refractivity contribution in [3.63, 3.8) is 0 Å². The number of methoxy groups -OCH3 is 1. The Morgan fingerprint density at radius 2 is 1.96 bits per heavy atom. The zero-order chi connectivity index (χ0) is 17.7. The van der Waals surface area contributed by atoms with Crippen LogP contribution in [0.15, 0.2) is 29.4 Å². The molecule has 1 heterocycles. The largest absolute Gasteiger partial charge is 0.468 e. The molecule has 1 atom stereocenters. The van der Waals surface area contributed by atoms with Crippen molar-refractivity contribution in [2.45, 2.75) is 19.4 Å².